The maximum atomic E-state index is 13.9. The number of hydrogen-bond donors (Lipinski definition) is 1. The van der Waals surface area contributed by atoms with Crippen molar-refractivity contribution in [2.75, 3.05) is 25.0 Å². The highest BCUT2D eigenvalue weighted by Crippen LogP contribution is 2.29. The zero-order valence-electron chi connectivity index (χ0n) is 20.1. The van der Waals surface area contributed by atoms with Crippen LogP contribution in [0.25, 0.3) is 0 Å². The zero-order chi connectivity index (χ0) is 25.1. The van der Waals surface area contributed by atoms with Crippen LogP contribution in [-0.2, 0) is 23.8 Å². The van der Waals surface area contributed by atoms with Crippen molar-refractivity contribution < 1.29 is 37.7 Å². The highest BCUT2D eigenvalue weighted by atomic mass is 19.1. The molecule has 0 radical (unpaired) electrons. The molecule has 0 saturated carbocycles. The van der Waals surface area contributed by atoms with Gasteiger partial charge in [-0.1, -0.05) is 0 Å². The molecule has 2 fully saturated rings. The van der Waals surface area contributed by atoms with Gasteiger partial charge in [0.05, 0.1) is 12.3 Å². The predicted octanol–water partition coefficient (Wildman–Crippen LogP) is 3.98. The second-order valence-electron chi connectivity index (χ2n) is 9.74. The normalized spacial score (nSPS) is 18.6. The Bertz CT molecular complexity index is 954. The maximum absolute atomic E-state index is 13.9. The molecule has 2 heterocycles. The standard InChI is InChI=1S/C24H31FN2O7/c1-23(2,3)34-22(30)27-10-8-15(9-11-27)14-31-19-7-6-16(25)12-18(19)26-13-17-20(28)32-24(4,5)33-21(17)29/h6-7,12-13,15,26H,8-11,14H2,1-5H3. The molecule has 0 aromatic heterocycles. The number of esters is 2. The smallest absolute Gasteiger partial charge is 0.410 e. The second kappa shape index (κ2) is 9.90. The van der Waals surface area contributed by atoms with Crippen LogP contribution >= 0.6 is 0 Å². The fourth-order valence-electron chi connectivity index (χ4n) is 3.49. The third kappa shape index (κ3) is 6.85. The first kappa shape index (κ1) is 25.3. The van der Waals surface area contributed by atoms with Gasteiger partial charge < -0.3 is 29.2 Å². The quantitative estimate of drug-likeness (QED) is 0.385. The number of hydrogen-bond acceptors (Lipinski definition) is 8. The lowest BCUT2D eigenvalue weighted by Crippen LogP contribution is -2.42. The minimum atomic E-state index is -1.35. The van der Waals surface area contributed by atoms with Crippen molar-refractivity contribution in [2.24, 2.45) is 5.92 Å². The molecule has 34 heavy (non-hydrogen) atoms. The molecule has 3 rings (SSSR count). The molecule has 0 bridgehead atoms. The Morgan fingerprint density at radius 1 is 1.21 bits per heavy atom. The molecule has 0 unspecified atom stereocenters. The van der Waals surface area contributed by atoms with E-state index in [2.05, 4.69) is 5.32 Å². The van der Waals surface area contributed by atoms with E-state index in [1.807, 2.05) is 20.8 Å². The first-order valence-corrected chi connectivity index (χ1v) is 11.2. The largest absolute Gasteiger partial charge is 0.491 e. The lowest BCUT2D eigenvalue weighted by Gasteiger charge is -2.33. The van der Waals surface area contributed by atoms with Crippen LogP contribution in [0.15, 0.2) is 30.0 Å². The number of piperidine rings is 1. The molecule has 10 heteroatoms. The third-order valence-corrected chi connectivity index (χ3v) is 5.17. The molecule has 2 aliphatic heterocycles. The van der Waals surface area contributed by atoms with Crippen molar-refractivity contribution in [3.63, 3.8) is 0 Å². The lowest BCUT2D eigenvalue weighted by molar-refractivity contribution is -0.222. The van der Waals surface area contributed by atoms with Crippen molar-refractivity contribution in [3.8, 4) is 5.75 Å². The maximum Gasteiger partial charge on any atom is 0.410 e. The van der Waals surface area contributed by atoms with Crippen LogP contribution in [0, 0.1) is 11.7 Å². The summed E-state index contributed by atoms with van der Waals surface area (Å²) >= 11 is 0. The molecule has 0 atom stereocenters. The number of nitrogens with one attached hydrogen (secondary N) is 1. The molecule has 1 N–H and O–H groups in total. The van der Waals surface area contributed by atoms with Gasteiger partial charge in [-0.25, -0.2) is 18.8 Å². The van der Waals surface area contributed by atoms with Crippen molar-refractivity contribution >= 4 is 23.7 Å². The molecular weight excluding hydrogens is 447 g/mol. The van der Waals surface area contributed by atoms with E-state index < -0.39 is 29.1 Å². The highest BCUT2D eigenvalue weighted by Gasteiger charge is 2.39. The SMILES string of the molecule is CC(C)(C)OC(=O)N1CCC(COc2ccc(F)cc2NC=C2C(=O)OC(C)(C)OC2=O)CC1. The minimum absolute atomic E-state index is 0.195. The number of halogens is 1. The summed E-state index contributed by atoms with van der Waals surface area (Å²) in [6, 6.07) is 3.91. The molecule has 2 saturated heterocycles. The summed E-state index contributed by atoms with van der Waals surface area (Å²) in [5, 5.41) is 2.75. The lowest BCUT2D eigenvalue weighted by atomic mass is 9.98. The number of carbonyl (C=O) groups excluding carboxylic acids is 3. The Hall–Kier alpha value is -3.30. The Labute approximate surface area is 198 Å². The van der Waals surface area contributed by atoms with E-state index in [1.165, 1.54) is 32.0 Å². The van der Waals surface area contributed by atoms with Crippen LogP contribution in [0.4, 0.5) is 14.9 Å². The molecule has 186 valence electrons. The second-order valence-corrected chi connectivity index (χ2v) is 9.74. The van der Waals surface area contributed by atoms with E-state index in [9.17, 15) is 18.8 Å². The van der Waals surface area contributed by atoms with Gasteiger partial charge >= 0.3 is 18.0 Å². The number of ether oxygens (including phenoxy) is 4. The number of benzene rings is 1. The summed E-state index contributed by atoms with van der Waals surface area (Å²) in [4.78, 5) is 38.1. The molecule has 0 spiro atoms. The Morgan fingerprint density at radius 3 is 2.41 bits per heavy atom. The van der Waals surface area contributed by atoms with Crippen LogP contribution in [0.3, 0.4) is 0 Å². The first-order chi connectivity index (χ1) is 15.8. The third-order valence-electron chi connectivity index (χ3n) is 5.17. The summed E-state index contributed by atoms with van der Waals surface area (Å²) in [7, 11) is 0. The summed E-state index contributed by atoms with van der Waals surface area (Å²) in [6.07, 6.45) is 2.26. The molecule has 2 aliphatic rings. The van der Waals surface area contributed by atoms with E-state index in [1.54, 1.807) is 4.90 Å². The number of likely N-dealkylation sites (tertiary alicyclic amines) is 1. The highest BCUT2D eigenvalue weighted by molar-refractivity contribution is 6.15. The summed E-state index contributed by atoms with van der Waals surface area (Å²) in [6.45, 7) is 9.86. The van der Waals surface area contributed by atoms with E-state index in [0.29, 0.717) is 25.4 Å². The predicted molar refractivity (Wildman–Crippen MR) is 120 cm³/mol. The number of cyclic esters (lactones) is 2. The fraction of sp³-hybridized carbons (Fsp3) is 0.542. The molecule has 0 aliphatic carbocycles. The number of amides is 1. The van der Waals surface area contributed by atoms with Gasteiger partial charge in [0, 0.05) is 39.2 Å². The van der Waals surface area contributed by atoms with Gasteiger partial charge in [0.1, 0.15) is 17.2 Å². The summed E-state index contributed by atoms with van der Waals surface area (Å²) < 4.78 is 35.3. The first-order valence-electron chi connectivity index (χ1n) is 11.2. The van der Waals surface area contributed by atoms with Crippen LogP contribution in [0.2, 0.25) is 0 Å². The van der Waals surface area contributed by atoms with Gasteiger partial charge in [-0.05, 0) is 51.7 Å². The Morgan fingerprint density at radius 2 is 1.82 bits per heavy atom. The number of nitrogens with zero attached hydrogens (tertiary/aromatic N) is 1. The number of carbonyl (C=O) groups is 3. The average molecular weight is 479 g/mol. The Kier molecular flexibility index (Phi) is 7.38. The zero-order valence-corrected chi connectivity index (χ0v) is 20.1. The van der Waals surface area contributed by atoms with Crippen LogP contribution in [0.5, 0.6) is 5.75 Å². The van der Waals surface area contributed by atoms with Gasteiger partial charge in [0.15, 0.2) is 5.57 Å². The van der Waals surface area contributed by atoms with Gasteiger partial charge in [-0.2, -0.15) is 0 Å². The van der Waals surface area contributed by atoms with E-state index >= 15 is 0 Å². The van der Waals surface area contributed by atoms with Crippen molar-refractivity contribution in [1.82, 2.24) is 4.90 Å². The van der Waals surface area contributed by atoms with E-state index in [4.69, 9.17) is 18.9 Å². The van der Waals surface area contributed by atoms with Gasteiger partial charge in [-0.3, -0.25) is 0 Å². The number of rotatable bonds is 5. The van der Waals surface area contributed by atoms with Gasteiger partial charge in [-0.15, -0.1) is 0 Å². The van der Waals surface area contributed by atoms with Crippen molar-refractivity contribution in [2.45, 2.75) is 58.8 Å². The minimum Gasteiger partial charge on any atom is -0.491 e. The van der Waals surface area contributed by atoms with Crippen LogP contribution < -0.4 is 10.1 Å². The van der Waals surface area contributed by atoms with Crippen molar-refractivity contribution in [1.29, 1.82) is 0 Å². The molecule has 1 aromatic rings. The molecular formula is C24H31FN2O7. The van der Waals surface area contributed by atoms with Crippen LogP contribution in [0.1, 0.15) is 47.5 Å². The fourth-order valence-corrected chi connectivity index (χ4v) is 3.49. The van der Waals surface area contributed by atoms with Crippen molar-refractivity contribution in [3.05, 3.63) is 35.8 Å². The van der Waals surface area contributed by atoms with Gasteiger partial charge in [0.2, 0.25) is 0 Å². The monoisotopic (exact) mass is 478 g/mol. The molecule has 1 aromatic carbocycles. The molecule has 1 amide bonds. The Balaban J connectivity index is 1.58. The van der Waals surface area contributed by atoms with Gasteiger partial charge in [0.25, 0.3) is 5.79 Å². The topological polar surface area (TPSA) is 103 Å². The molecule has 9 nitrogen and oxygen atoms in total. The summed E-state index contributed by atoms with van der Waals surface area (Å²) in [5.74, 6) is -3.01. The number of anilines is 1. The van der Waals surface area contributed by atoms with Crippen LogP contribution in [-0.4, -0.2) is 54.0 Å². The summed E-state index contributed by atoms with van der Waals surface area (Å²) in [5.41, 5.74) is -0.646. The van der Waals surface area contributed by atoms with E-state index in [-0.39, 0.29) is 23.3 Å². The van der Waals surface area contributed by atoms with E-state index in [0.717, 1.165) is 19.0 Å². The average Bonchev–Trinajstić information content (AvgIpc) is 2.71.